The summed E-state index contributed by atoms with van der Waals surface area (Å²) in [6, 6.07) is 27.4. The first-order valence-electron chi connectivity index (χ1n) is 11.1. The molecule has 1 N–H and O–H groups in total. The minimum Gasteiger partial charge on any atom is -0.268 e. The molecule has 1 amide bonds. The lowest BCUT2D eigenvalue weighted by Crippen LogP contribution is -2.31. The average Bonchev–Trinajstić information content (AvgIpc) is 3.18. The highest BCUT2D eigenvalue weighted by Crippen LogP contribution is 2.24. The third-order valence-corrected chi connectivity index (χ3v) is 7.49. The molecule has 0 atom stereocenters. The highest BCUT2D eigenvalue weighted by molar-refractivity contribution is 7.89. The molecule has 5 rings (SSSR count). The molecule has 10 heteroatoms. The fraction of sp³-hybridized carbons (Fsp3) is 0.0370. The van der Waals surface area contributed by atoms with E-state index in [4.69, 9.17) is 23.2 Å². The molecule has 0 fully saturated rings. The largest absolute Gasteiger partial charge is 0.279 e. The van der Waals surface area contributed by atoms with E-state index in [0.29, 0.717) is 21.8 Å². The van der Waals surface area contributed by atoms with Crippen molar-refractivity contribution in [1.29, 1.82) is 0 Å². The molecule has 1 heterocycles. The molecular weight excluding hydrogens is 533 g/mol. The van der Waals surface area contributed by atoms with Crippen LogP contribution >= 0.6 is 23.2 Å². The monoisotopic (exact) mass is 551 g/mol. The Morgan fingerprint density at radius 2 is 1.41 bits per heavy atom. The fourth-order valence-electron chi connectivity index (χ4n) is 4.05. The van der Waals surface area contributed by atoms with E-state index < -0.39 is 21.7 Å². The fourth-order valence-corrected chi connectivity index (χ4v) is 5.74. The van der Waals surface area contributed by atoms with Crippen LogP contribution in [0.3, 0.4) is 0 Å². The van der Waals surface area contributed by atoms with Crippen LogP contribution in [0.4, 0.5) is 0 Å². The van der Waals surface area contributed by atoms with Crippen LogP contribution in [0.2, 0.25) is 10.0 Å². The van der Waals surface area contributed by atoms with Crippen molar-refractivity contribution < 1.29 is 13.2 Å². The molecule has 0 bridgehead atoms. The predicted molar refractivity (Wildman–Crippen MR) is 145 cm³/mol. The highest BCUT2D eigenvalue weighted by Gasteiger charge is 2.21. The van der Waals surface area contributed by atoms with Crippen LogP contribution in [0.1, 0.15) is 15.9 Å². The molecule has 4 aromatic carbocycles. The van der Waals surface area contributed by atoms with Crippen molar-refractivity contribution in [2.24, 2.45) is 0 Å². The summed E-state index contributed by atoms with van der Waals surface area (Å²) in [5, 5.41) is 0.807. The number of nitrogens with zero attached hydrogens (tertiary/aromatic N) is 2. The number of aromatic nitrogens is 2. The van der Waals surface area contributed by atoms with Crippen LogP contribution in [-0.2, 0) is 15.8 Å². The van der Waals surface area contributed by atoms with E-state index in [0.717, 1.165) is 5.69 Å². The van der Waals surface area contributed by atoms with Crippen molar-refractivity contribution in [2.45, 2.75) is 5.75 Å². The number of sulfonamides is 1. The number of halogens is 2. The summed E-state index contributed by atoms with van der Waals surface area (Å²) in [5.74, 6) is -1.37. The molecule has 186 valence electrons. The second kappa shape index (κ2) is 9.89. The minimum atomic E-state index is -4.09. The molecule has 0 saturated carbocycles. The van der Waals surface area contributed by atoms with Crippen LogP contribution < -0.4 is 10.3 Å². The Labute approximate surface area is 222 Å². The SMILES string of the molecule is O=C(NS(=O)(=O)Cc1ccc(Cl)cc1Cl)c1ccc2c(c1)c(=O)n(-c1ccccc1)n2-c1ccccc1. The minimum absolute atomic E-state index is 0.0285. The maximum absolute atomic E-state index is 13.6. The third-order valence-electron chi connectivity index (χ3n) is 5.72. The van der Waals surface area contributed by atoms with Gasteiger partial charge in [-0.1, -0.05) is 65.7 Å². The first-order valence-corrected chi connectivity index (χ1v) is 13.5. The first kappa shape index (κ1) is 24.8. The van der Waals surface area contributed by atoms with E-state index in [1.54, 1.807) is 10.7 Å². The third kappa shape index (κ3) is 5.04. The maximum atomic E-state index is 13.6. The predicted octanol–water partition coefficient (Wildman–Crippen LogP) is 5.35. The van der Waals surface area contributed by atoms with Gasteiger partial charge in [0.1, 0.15) is 0 Å². The lowest BCUT2D eigenvalue weighted by Gasteiger charge is -2.13. The smallest absolute Gasteiger partial charge is 0.268 e. The van der Waals surface area contributed by atoms with Crippen LogP contribution in [0.15, 0.2) is 102 Å². The van der Waals surface area contributed by atoms with E-state index in [1.807, 2.05) is 60.7 Å². The molecule has 0 aliphatic carbocycles. The van der Waals surface area contributed by atoms with E-state index in [9.17, 15) is 18.0 Å². The van der Waals surface area contributed by atoms with Crippen LogP contribution in [-0.4, -0.2) is 23.7 Å². The normalized spacial score (nSPS) is 11.5. The summed E-state index contributed by atoms with van der Waals surface area (Å²) in [7, 11) is -4.09. The van der Waals surface area contributed by atoms with Gasteiger partial charge < -0.3 is 0 Å². The van der Waals surface area contributed by atoms with Gasteiger partial charge in [-0.2, -0.15) is 0 Å². The molecule has 37 heavy (non-hydrogen) atoms. The number of nitrogens with one attached hydrogen (secondary N) is 1. The number of fused-ring (bicyclic) bond motifs is 1. The zero-order valence-corrected chi connectivity index (χ0v) is 21.5. The number of carbonyl (C=O) groups is 1. The summed E-state index contributed by atoms with van der Waals surface area (Å²) in [5.41, 5.74) is 1.93. The van der Waals surface area contributed by atoms with E-state index in [-0.39, 0.29) is 21.5 Å². The van der Waals surface area contributed by atoms with Gasteiger partial charge in [-0.05, 0) is 60.2 Å². The molecular formula is C27H19Cl2N3O4S. The zero-order valence-electron chi connectivity index (χ0n) is 19.1. The topological polar surface area (TPSA) is 90.2 Å². The van der Waals surface area contributed by atoms with Gasteiger partial charge in [0.05, 0.1) is 28.0 Å². The molecule has 0 unspecified atom stereocenters. The second-order valence-electron chi connectivity index (χ2n) is 8.26. The Kier molecular flexibility index (Phi) is 6.64. The standard InChI is InChI=1S/C27H19Cl2N3O4S/c28-20-13-11-19(24(29)16-20)17-37(35,36)30-26(33)18-12-14-25-23(15-18)27(34)32(22-9-5-2-6-10-22)31(25)21-7-3-1-4-8-21/h1-16H,17H2,(H,30,33). The van der Waals surface area contributed by atoms with Crippen molar-refractivity contribution in [1.82, 2.24) is 14.1 Å². The Bertz CT molecular complexity index is 1800. The first-order chi connectivity index (χ1) is 17.7. The van der Waals surface area contributed by atoms with Crippen molar-refractivity contribution >= 4 is 50.0 Å². The van der Waals surface area contributed by atoms with Crippen molar-refractivity contribution in [2.75, 3.05) is 0 Å². The average molecular weight is 552 g/mol. The lowest BCUT2D eigenvalue weighted by atomic mass is 10.1. The number of amides is 1. The summed E-state index contributed by atoms with van der Waals surface area (Å²) < 4.78 is 30.7. The summed E-state index contributed by atoms with van der Waals surface area (Å²) in [6.07, 6.45) is 0. The molecule has 0 aliphatic heterocycles. The molecule has 5 aromatic rings. The van der Waals surface area contributed by atoms with Crippen LogP contribution in [0.5, 0.6) is 0 Å². The van der Waals surface area contributed by atoms with Gasteiger partial charge in [0.15, 0.2) is 0 Å². The van der Waals surface area contributed by atoms with Gasteiger partial charge in [-0.3, -0.25) is 9.59 Å². The van der Waals surface area contributed by atoms with Gasteiger partial charge in [-0.25, -0.2) is 22.5 Å². The summed E-state index contributed by atoms with van der Waals surface area (Å²) >= 11 is 12.0. The van der Waals surface area contributed by atoms with E-state index in [1.165, 1.54) is 35.0 Å². The zero-order chi connectivity index (χ0) is 26.2. The van der Waals surface area contributed by atoms with E-state index >= 15 is 0 Å². The van der Waals surface area contributed by atoms with Crippen molar-refractivity contribution in [3.63, 3.8) is 0 Å². The van der Waals surface area contributed by atoms with Gasteiger partial charge in [0.2, 0.25) is 10.0 Å². The highest BCUT2D eigenvalue weighted by atomic mass is 35.5. The number of rotatable bonds is 6. The van der Waals surface area contributed by atoms with Crippen LogP contribution in [0.25, 0.3) is 22.3 Å². The lowest BCUT2D eigenvalue weighted by molar-refractivity contribution is 0.0981. The Morgan fingerprint density at radius 3 is 2.03 bits per heavy atom. The van der Waals surface area contributed by atoms with Crippen molar-refractivity contribution in [3.05, 3.63) is 129 Å². The van der Waals surface area contributed by atoms with E-state index in [2.05, 4.69) is 4.72 Å². The molecule has 0 aliphatic rings. The molecule has 7 nitrogen and oxygen atoms in total. The maximum Gasteiger partial charge on any atom is 0.279 e. The number of benzene rings is 4. The number of hydrogen-bond acceptors (Lipinski definition) is 4. The molecule has 1 aromatic heterocycles. The summed E-state index contributed by atoms with van der Waals surface area (Å²) in [4.78, 5) is 26.5. The number of carbonyl (C=O) groups excluding carboxylic acids is 1. The van der Waals surface area contributed by atoms with Gasteiger partial charge in [0.25, 0.3) is 11.5 Å². The van der Waals surface area contributed by atoms with Crippen molar-refractivity contribution in [3.8, 4) is 11.4 Å². The van der Waals surface area contributed by atoms with Gasteiger partial charge in [-0.15, -0.1) is 0 Å². The molecule has 0 spiro atoms. The number of para-hydroxylation sites is 2. The van der Waals surface area contributed by atoms with Gasteiger partial charge in [0, 0.05) is 15.6 Å². The summed E-state index contributed by atoms with van der Waals surface area (Å²) in [6.45, 7) is 0. The Balaban J connectivity index is 1.54. The van der Waals surface area contributed by atoms with Crippen LogP contribution in [0, 0.1) is 0 Å². The van der Waals surface area contributed by atoms with Gasteiger partial charge >= 0.3 is 0 Å². The molecule has 0 radical (unpaired) electrons. The second-order valence-corrected chi connectivity index (χ2v) is 10.8. The Morgan fingerprint density at radius 1 is 0.784 bits per heavy atom. The quantitative estimate of drug-likeness (QED) is 0.308. The molecule has 0 saturated heterocycles. The Hall–Kier alpha value is -3.85. The number of hydrogen-bond donors (Lipinski definition) is 1.